The van der Waals surface area contributed by atoms with E-state index in [9.17, 15) is 9.59 Å². The average molecular weight is 377 g/mol. The van der Waals surface area contributed by atoms with E-state index in [4.69, 9.17) is 18.9 Å². The lowest BCUT2D eigenvalue weighted by molar-refractivity contribution is -0.151. The van der Waals surface area contributed by atoms with Crippen molar-refractivity contribution in [3.8, 4) is 5.75 Å². The second-order valence-corrected chi connectivity index (χ2v) is 7.34. The number of hydrogen-bond donors (Lipinski definition) is 0. The fourth-order valence-electron chi connectivity index (χ4n) is 3.60. The van der Waals surface area contributed by atoms with E-state index in [-0.39, 0.29) is 11.9 Å². The van der Waals surface area contributed by atoms with E-state index >= 15 is 0 Å². The maximum atomic E-state index is 13.4. The zero-order chi connectivity index (χ0) is 19.4. The highest BCUT2D eigenvalue weighted by molar-refractivity contribution is 5.90. The molecule has 148 valence electrons. The Kier molecular flexibility index (Phi) is 6.01. The summed E-state index contributed by atoms with van der Waals surface area (Å²) in [5.74, 6) is 0.287. The molecule has 1 aromatic carbocycles. The molecular formula is C20H27NO6. The molecule has 0 aromatic heterocycles. The van der Waals surface area contributed by atoms with Crippen molar-refractivity contribution in [2.75, 3.05) is 40.6 Å². The molecule has 0 aliphatic carbocycles. The van der Waals surface area contributed by atoms with E-state index in [1.165, 1.54) is 7.11 Å². The van der Waals surface area contributed by atoms with Crippen molar-refractivity contribution >= 4 is 11.9 Å². The van der Waals surface area contributed by atoms with E-state index in [0.717, 1.165) is 5.56 Å². The van der Waals surface area contributed by atoms with Crippen molar-refractivity contribution in [3.63, 3.8) is 0 Å². The molecule has 1 atom stereocenters. The van der Waals surface area contributed by atoms with E-state index in [1.54, 1.807) is 19.2 Å². The molecule has 0 unspecified atom stereocenters. The third-order valence-electron chi connectivity index (χ3n) is 5.43. The quantitative estimate of drug-likeness (QED) is 0.748. The summed E-state index contributed by atoms with van der Waals surface area (Å²) in [5.41, 5.74) is 0.849. The number of benzene rings is 1. The average Bonchev–Trinajstić information content (AvgIpc) is 2.86. The van der Waals surface area contributed by atoms with Gasteiger partial charge in [0.15, 0.2) is 0 Å². The minimum absolute atomic E-state index is 0.0985. The molecular weight excluding hydrogens is 350 g/mol. The highest BCUT2D eigenvalue weighted by Gasteiger charge is 2.41. The summed E-state index contributed by atoms with van der Waals surface area (Å²) < 4.78 is 21.5. The van der Waals surface area contributed by atoms with Crippen LogP contribution >= 0.6 is 0 Å². The molecule has 1 fully saturated rings. The smallest absolute Gasteiger partial charge is 0.337 e. The number of esters is 1. The molecule has 7 nitrogen and oxygen atoms in total. The van der Waals surface area contributed by atoms with Crippen molar-refractivity contribution in [1.29, 1.82) is 0 Å². The van der Waals surface area contributed by atoms with Gasteiger partial charge in [0.25, 0.3) is 0 Å². The van der Waals surface area contributed by atoms with Gasteiger partial charge in [-0.1, -0.05) is 13.0 Å². The van der Waals surface area contributed by atoms with Crippen LogP contribution in [0.5, 0.6) is 5.75 Å². The number of rotatable bonds is 4. The van der Waals surface area contributed by atoms with E-state index in [2.05, 4.69) is 0 Å². The molecule has 1 amide bonds. The van der Waals surface area contributed by atoms with Crippen molar-refractivity contribution in [3.05, 3.63) is 29.3 Å². The summed E-state index contributed by atoms with van der Waals surface area (Å²) in [5, 5.41) is 0. The maximum Gasteiger partial charge on any atom is 0.337 e. The fourth-order valence-corrected chi connectivity index (χ4v) is 3.60. The number of methoxy groups -OCH3 is 2. The molecule has 2 aliphatic heterocycles. The van der Waals surface area contributed by atoms with Crippen molar-refractivity contribution in [1.82, 2.24) is 4.90 Å². The first kappa shape index (κ1) is 19.6. The van der Waals surface area contributed by atoms with Gasteiger partial charge < -0.3 is 23.8 Å². The number of fused-ring (bicyclic) bond motifs is 1. The third-order valence-corrected chi connectivity index (χ3v) is 5.43. The van der Waals surface area contributed by atoms with Gasteiger partial charge in [-0.25, -0.2) is 4.79 Å². The summed E-state index contributed by atoms with van der Waals surface area (Å²) in [7, 11) is 2.96. The standard InChI is InChI=1S/C20H27NO6/c1-20(6-8-26-9-7-20)19(23)21-11-15-5-4-14(18(22)25-3)10-17(15)27-13-16(21)12-24-2/h4-5,10,16H,6-9,11-13H2,1-3H3/t16-/m0/s1. The predicted octanol–water partition coefficient (Wildman–Crippen LogP) is 2.03. The van der Waals surface area contributed by atoms with Crippen LogP contribution in [0.2, 0.25) is 0 Å². The van der Waals surface area contributed by atoms with Gasteiger partial charge in [0.2, 0.25) is 5.91 Å². The Labute approximate surface area is 159 Å². The minimum Gasteiger partial charge on any atom is -0.491 e. The molecule has 1 saturated heterocycles. The number of nitrogens with zero attached hydrogens (tertiary/aromatic N) is 1. The second kappa shape index (κ2) is 8.27. The molecule has 0 radical (unpaired) electrons. The molecule has 0 spiro atoms. The van der Waals surface area contributed by atoms with E-state index in [0.29, 0.717) is 57.1 Å². The number of hydrogen-bond acceptors (Lipinski definition) is 6. The summed E-state index contributed by atoms with van der Waals surface area (Å²) >= 11 is 0. The fraction of sp³-hybridized carbons (Fsp3) is 0.600. The Hall–Kier alpha value is -2.12. The summed E-state index contributed by atoms with van der Waals surface area (Å²) in [6.45, 7) is 4.32. The highest BCUT2D eigenvalue weighted by atomic mass is 16.5. The number of ether oxygens (including phenoxy) is 4. The predicted molar refractivity (Wildman–Crippen MR) is 97.7 cm³/mol. The first-order valence-corrected chi connectivity index (χ1v) is 9.20. The number of carbonyl (C=O) groups excluding carboxylic acids is 2. The van der Waals surface area contributed by atoms with E-state index in [1.807, 2.05) is 17.9 Å². The van der Waals surface area contributed by atoms with Crippen molar-refractivity contribution in [2.24, 2.45) is 5.41 Å². The van der Waals surface area contributed by atoms with Crippen molar-refractivity contribution < 1.29 is 28.5 Å². The van der Waals surface area contributed by atoms with Crippen LogP contribution in [0, 0.1) is 5.41 Å². The van der Waals surface area contributed by atoms with Crippen LogP contribution in [0.15, 0.2) is 18.2 Å². The minimum atomic E-state index is -0.444. The van der Waals surface area contributed by atoms with Gasteiger partial charge in [0, 0.05) is 32.4 Å². The van der Waals surface area contributed by atoms with Crippen LogP contribution in [0.25, 0.3) is 0 Å². The molecule has 27 heavy (non-hydrogen) atoms. The Balaban J connectivity index is 1.89. The summed E-state index contributed by atoms with van der Waals surface area (Å²) in [6, 6.07) is 5.00. The Bertz CT molecular complexity index is 698. The Morgan fingerprint density at radius 2 is 2.00 bits per heavy atom. The number of amides is 1. The molecule has 0 N–H and O–H groups in total. The van der Waals surface area contributed by atoms with Crippen molar-refractivity contribution in [2.45, 2.75) is 32.4 Å². The largest absolute Gasteiger partial charge is 0.491 e. The Morgan fingerprint density at radius 3 is 2.67 bits per heavy atom. The highest BCUT2D eigenvalue weighted by Crippen LogP contribution is 2.35. The molecule has 0 saturated carbocycles. The monoisotopic (exact) mass is 377 g/mol. The first-order valence-electron chi connectivity index (χ1n) is 9.20. The van der Waals surface area contributed by atoms with Crippen LogP contribution in [0.4, 0.5) is 0 Å². The maximum absolute atomic E-state index is 13.4. The van der Waals surface area contributed by atoms with Crippen LogP contribution in [0.3, 0.4) is 0 Å². The van der Waals surface area contributed by atoms with E-state index < -0.39 is 11.4 Å². The lowest BCUT2D eigenvalue weighted by Crippen LogP contribution is -2.51. The SMILES string of the molecule is COC[C@H]1COc2cc(C(=O)OC)ccc2CN1C(=O)C1(C)CCOCC1. The topological polar surface area (TPSA) is 74.3 Å². The molecule has 1 aromatic rings. The molecule has 2 heterocycles. The molecule has 7 heteroatoms. The zero-order valence-electron chi connectivity index (χ0n) is 16.2. The lowest BCUT2D eigenvalue weighted by Gasteiger charge is -2.39. The van der Waals surface area contributed by atoms with Gasteiger partial charge in [0.1, 0.15) is 12.4 Å². The van der Waals surface area contributed by atoms with Crippen LogP contribution in [-0.2, 0) is 25.5 Å². The molecule has 3 rings (SSSR count). The van der Waals surface area contributed by atoms with Gasteiger partial charge >= 0.3 is 5.97 Å². The first-order chi connectivity index (χ1) is 13.0. The normalized spacial score (nSPS) is 21.6. The van der Waals surface area contributed by atoms with Gasteiger partial charge in [-0.3, -0.25) is 4.79 Å². The van der Waals surface area contributed by atoms with Gasteiger partial charge in [-0.2, -0.15) is 0 Å². The summed E-state index contributed by atoms with van der Waals surface area (Å²) in [4.78, 5) is 27.1. The van der Waals surface area contributed by atoms with Crippen LogP contribution < -0.4 is 4.74 Å². The second-order valence-electron chi connectivity index (χ2n) is 7.34. The number of carbonyl (C=O) groups is 2. The zero-order valence-corrected chi connectivity index (χ0v) is 16.2. The van der Waals surface area contributed by atoms with Gasteiger partial charge in [-0.05, 0) is 25.0 Å². The third kappa shape index (κ3) is 4.09. The van der Waals surface area contributed by atoms with Gasteiger partial charge in [0.05, 0.1) is 30.7 Å². The van der Waals surface area contributed by atoms with Crippen LogP contribution in [-0.4, -0.2) is 63.5 Å². The molecule has 2 aliphatic rings. The van der Waals surface area contributed by atoms with Crippen LogP contribution in [0.1, 0.15) is 35.7 Å². The lowest BCUT2D eigenvalue weighted by atomic mass is 9.80. The molecule has 0 bridgehead atoms. The summed E-state index contributed by atoms with van der Waals surface area (Å²) in [6.07, 6.45) is 1.41. The van der Waals surface area contributed by atoms with Gasteiger partial charge in [-0.15, -0.1) is 0 Å². The Morgan fingerprint density at radius 1 is 1.26 bits per heavy atom.